The van der Waals surface area contributed by atoms with Crippen LogP contribution in [0.4, 0.5) is 0 Å². The molecule has 1 amide bonds. The van der Waals surface area contributed by atoms with E-state index in [1.165, 1.54) is 0 Å². The highest BCUT2D eigenvalue weighted by Crippen LogP contribution is 2.37. The Bertz CT molecular complexity index is 462. The number of rotatable bonds is 4. The molecule has 0 unspecified atom stereocenters. The Morgan fingerprint density at radius 2 is 2.16 bits per heavy atom. The van der Waals surface area contributed by atoms with Crippen molar-refractivity contribution in [2.75, 3.05) is 19.8 Å². The lowest BCUT2D eigenvalue weighted by atomic mass is 10.2. The largest absolute Gasteiger partial charge is 0.489 e. The zero-order chi connectivity index (χ0) is 13.7. The van der Waals surface area contributed by atoms with Gasteiger partial charge in [-0.2, -0.15) is 0 Å². The molecule has 0 bridgehead atoms. The van der Waals surface area contributed by atoms with Crippen molar-refractivity contribution < 1.29 is 14.3 Å². The van der Waals surface area contributed by atoms with Gasteiger partial charge in [-0.1, -0.05) is 24.9 Å². The Balaban J connectivity index is 2.16. The lowest BCUT2D eigenvalue weighted by Crippen LogP contribution is -2.24. The van der Waals surface area contributed by atoms with Gasteiger partial charge in [0, 0.05) is 18.5 Å². The van der Waals surface area contributed by atoms with Crippen molar-refractivity contribution in [2.24, 2.45) is 0 Å². The molecule has 1 aliphatic rings. The molecule has 0 fully saturated rings. The summed E-state index contributed by atoms with van der Waals surface area (Å²) in [6.45, 7) is 3.90. The highest BCUT2D eigenvalue weighted by Gasteiger charge is 2.18. The standard InChI is InChI=1S/C14H18ClNO3/c1-2-3-5-16-14(17)10-8-11(15)13-12(9-10)18-6-4-7-19-13/h8-9H,2-7H2,1H3,(H,16,17). The maximum Gasteiger partial charge on any atom is 0.251 e. The van der Waals surface area contributed by atoms with Gasteiger partial charge < -0.3 is 14.8 Å². The van der Waals surface area contributed by atoms with Gasteiger partial charge in [-0.05, 0) is 18.6 Å². The zero-order valence-corrected chi connectivity index (χ0v) is 11.8. The van der Waals surface area contributed by atoms with Crippen LogP contribution in [0.15, 0.2) is 12.1 Å². The second-order valence-corrected chi connectivity index (χ2v) is 4.85. The number of nitrogens with one attached hydrogen (secondary N) is 1. The van der Waals surface area contributed by atoms with Crippen LogP contribution in [-0.4, -0.2) is 25.7 Å². The quantitative estimate of drug-likeness (QED) is 0.864. The average molecular weight is 284 g/mol. The van der Waals surface area contributed by atoms with Crippen LogP contribution in [-0.2, 0) is 0 Å². The van der Waals surface area contributed by atoms with E-state index in [9.17, 15) is 4.79 Å². The molecule has 0 saturated carbocycles. The smallest absolute Gasteiger partial charge is 0.251 e. The Kier molecular flexibility index (Phi) is 4.91. The first kappa shape index (κ1) is 14.0. The number of fused-ring (bicyclic) bond motifs is 1. The van der Waals surface area contributed by atoms with Crippen molar-refractivity contribution in [1.29, 1.82) is 0 Å². The van der Waals surface area contributed by atoms with E-state index >= 15 is 0 Å². The van der Waals surface area contributed by atoms with Gasteiger partial charge in [0.15, 0.2) is 11.5 Å². The van der Waals surface area contributed by atoms with Crippen molar-refractivity contribution >= 4 is 17.5 Å². The maximum absolute atomic E-state index is 12.0. The lowest BCUT2D eigenvalue weighted by Gasteiger charge is -2.11. The van der Waals surface area contributed by atoms with Crippen molar-refractivity contribution in [2.45, 2.75) is 26.2 Å². The van der Waals surface area contributed by atoms with E-state index in [-0.39, 0.29) is 5.91 Å². The summed E-state index contributed by atoms with van der Waals surface area (Å²) in [6, 6.07) is 3.31. The van der Waals surface area contributed by atoms with Crippen LogP contribution in [0.1, 0.15) is 36.5 Å². The van der Waals surface area contributed by atoms with Crippen LogP contribution < -0.4 is 14.8 Å². The van der Waals surface area contributed by atoms with E-state index in [0.717, 1.165) is 19.3 Å². The number of carbonyl (C=O) groups excluding carboxylic acids is 1. The molecule has 1 aromatic rings. The molecule has 5 heteroatoms. The summed E-state index contributed by atoms with van der Waals surface area (Å²) in [6.07, 6.45) is 2.81. The number of unbranched alkanes of at least 4 members (excludes halogenated alkanes) is 1. The van der Waals surface area contributed by atoms with Gasteiger partial charge in [0.2, 0.25) is 0 Å². The SMILES string of the molecule is CCCCNC(=O)c1cc(Cl)c2c(c1)OCCCO2. The molecule has 0 atom stereocenters. The van der Waals surface area contributed by atoms with Crippen LogP contribution in [0.25, 0.3) is 0 Å². The van der Waals surface area contributed by atoms with Crippen molar-refractivity contribution in [3.05, 3.63) is 22.7 Å². The Hall–Kier alpha value is -1.42. The third-order valence-electron chi connectivity index (χ3n) is 2.88. The summed E-state index contributed by atoms with van der Waals surface area (Å²) in [7, 11) is 0. The molecule has 0 aliphatic carbocycles. The molecule has 2 rings (SSSR count). The topological polar surface area (TPSA) is 47.6 Å². The van der Waals surface area contributed by atoms with Gasteiger partial charge in [-0.25, -0.2) is 0 Å². The third-order valence-corrected chi connectivity index (χ3v) is 3.16. The van der Waals surface area contributed by atoms with Crippen molar-refractivity contribution in [3.63, 3.8) is 0 Å². The summed E-state index contributed by atoms with van der Waals surface area (Å²) in [4.78, 5) is 12.0. The zero-order valence-electron chi connectivity index (χ0n) is 11.0. The number of hydrogen-bond acceptors (Lipinski definition) is 3. The Morgan fingerprint density at radius 3 is 2.95 bits per heavy atom. The number of amides is 1. The molecule has 104 valence electrons. The molecule has 0 radical (unpaired) electrons. The summed E-state index contributed by atoms with van der Waals surface area (Å²) in [5, 5.41) is 3.27. The van der Waals surface area contributed by atoms with Gasteiger partial charge in [0.05, 0.1) is 18.2 Å². The van der Waals surface area contributed by atoms with Crippen LogP contribution in [0.5, 0.6) is 11.5 Å². The van der Waals surface area contributed by atoms with Crippen molar-refractivity contribution in [3.8, 4) is 11.5 Å². The minimum atomic E-state index is -0.133. The van der Waals surface area contributed by atoms with Gasteiger partial charge in [-0.15, -0.1) is 0 Å². The first-order valence-corrected chi connectivity index (χ1v) is 6.97. The number of halogens is 1. The van der Waals surface area contributed by atoms with Crippen LogP contribution in [0, 0.1) is 0 Å². The lowest BCUT2D eigenvalue weighted by molar-refractivity contribution is 0.0952. The predicted octanol–water partition coefficient (Wildman–Crippen LogP) is 3.03. The fourth-order valence-electron chi connectivity index (χ4n) is 1.84. The van der Waals surface area contributed by atoms with Crippen LogP contribution >= 0.6 is 11.6 Å². The van der Waals surface area contributed by atoms with Crippen LogP contribution in [0.3, 0.4) is 0 Å². The molecule has 19 heavy (non-hydrogen) atoms. The highest BCUT2D eigenvalue weighted by molar-refractivity contribution is 6.32. The first-order valence-electron chi connectivity index (χ1n) is 6.59. The van der Waals surface area contributed by atoms with Gasteiger partial charge >= 0.3 is 0 Å². The monoisotopic (exact) mass is 283 g/mol. The maximum atomic E-state index is 12.0. The molecule has 1 aliphatic heterocycles. The number of carbonyl (C=O) groups is 1. The minimum absolute atomic E-state index is 0.133. The summed E-state index contributed by atoms with van der Waals surface area (Å²) < 4.78 is 11.1. The van der Waals surface area contributed by atoms with E-state index < -0.39 is 0 Å². The van der Waals surface area contributed by atoms with Gasteiger partial charge in [0.1, 0.15) is 0 Å². The second kappa shape index (κ2) is 6.66. The van der Waals surface area contributed by atoms with Crippen LogP contribution in [0.2, 0.25) is 5.02 Å². The Labute approximate surface area is 118 Å². The highest BCUT2D eigenvalue weighted by atomic mass is 35.5. The van der Waals surface area contributed by atoms with E-state index in [2.05, 4.69) is 12.2 Å². The van der Waals surface area contributed by atoms with E-state index in [0.29, 0.717) is 41.8 Å². The number of benzene rings is 1. The van der Waals surface area contributed by atoms with E-state index in [1.54, 1.807) is 12.1 Å². The fraction of sp³-hybridized carbons (Fsp3) is 0.500. The predicted molar refractivity (Wildman–Crippen MR) is 74.3 cm³/mol. The second-order valence-electron chi connectivity index (χ2n) is 4.45. The van der Waals surface area contributed by atoms with Crippen molar-refractivity contribution in [1.82, 2.24) is 5.32 Å². The Morgan fingerprint density at radius 1 is 1.37 bits per heavy atom. The molecule has 4 nitrogen and oxygen atoms in total. The summed E-state index contributed by atoms with van der Waals surface area (Å²) >= 11 is 6.14. The molecular formula is C14H18ClNO3. The first-order chi connectivity index (χ1) is 9.22. The molecule has 1 aromatic carbocycles. The van der Waals surface area contributed by atoms with Gasteiger partial charge in [0.25, 0.3) is 5.91 Å². The minimum Gasteiger partial charge on any atom is -0.489 e. The molecule has 0 spiro atoms. The molecule has 1 N–H and O–H groups in total. The summed E-state index contributed by atoms with van der Waals surface area (Å²) in [5.74, 6) is 0.945. The molecule has 1 heterocycles. The summed E-state index contributed by atoms with van der Waals surface area (Å²) in [5.41, 5.74) is 0.505. The normalized spacial score (nSPS) is 13.8. The third kappa shape index (κ3) is 3.53. The molecule has 0 saturated heterocycles. The number of ether oxygens (including phenoxy) is 2. The van der Waals surface area contributed by atoms with Gasteiger partial charge in [-0.3, -0.25) is 4.79 Å². The fourth-order valence-corrected chi connectivity index (χ4v) is 2.11. The average Bonchev–Trinajstić information content (AvgIpc) is 2.64. The van der Waals surface area contributed by atoms with E-state index in [1.807, 2.05) is 0 Å². The molecular weight excluding hydrogens is 266 g/mol. The molecule has 0 aromatic heterocycles. The van der Waals surface area contributed by atoms with E-state index in [4.69, 9.17) is 21.1 Å². The number of hydrogen-bond donors (Lipinski definition) is 1.